The van der Waals surface area contributed by atoms with E-state index in [1.165, 1.54) is 0 Å². The fourth-order valence-corrected chi connectivity index (χ4v) is 0.321. The molecule has 0 aliphatic carbocycles. The van der Waals surface area contributed by atoms with Crippen LogP contribution in [0.15, 0.2) is 30.3 Å². The van der Waals surface area contributed by atoms with Crippen LogP contribution in [0.4, 0.5) is 0 Å². The smallest absolute Gasteiger partial charge is 0 e. The predicted octanol–water partition coefficient (Wildman–Crippen LogP) is 1.42. The third kappa shape index (κ3) is 68.1. The molecule has 1 rings (SSSR count). The summed E-state index contributed by atoms with van der Waals surface area (Å²) in [4.78, 5) is 23.2. The first-order chi connectivity index (χ1) is 6.50. The Balaban J connectivity index is -0.0000000267. The summed E-state index contributed by atoms with van der Waals surface area (Å²) in [5.74, 6) is 0. The molecule has 4 heteroatoms. The van der Waals surface area contributed by atoms with Crippen LogP contribution in [0.3, 0.4) is 0 Å². The SMILES string of the molecule is [CH-]=O.[CH-]=O.[CH-]=O.[CH2-]C.[W].c1cc[cH-]c1. The molecule has 0 spiro atoms. The van der Waals surface area contributed by atoms with Crippen LogP contribution in [0.2, 0.25) is 0 Å². The van der Waals surface area contributed by atoms with Crippen LogP contribution >= 0.6 is 0 Å². The molecule has 0 saturated carbocycles. The van der Waals surface area contributed by atoms with E-state index in [-0.39, 0.29) is 21.1 Å². The van der Waals surface area contributed by atoms with Gasteiger partial charge in [-0.1, -0.05) is 0 Å². The fraction of sp³-hybridized carbons (Fsp3) is 0.100. The number of hydrogen-bond acceptors (Lipinski definition) is 3. The first-order valence-corrected chi connectivity index (χ1v) is 3.08. The molecule has 0 N–H and O–H groups in total. The van der Waals surface area contributed by atoms with Crippen molar-refractivity contribution in [1.29, 1.82) is 0 Å². The molecule has 0 saturated heterocycles. The van der Waals surface area contributed by atoms with Crippen LogP contribution in [0.25, 0.3) is 0 Å². The molecule has 0 aliphatic heterocycles. The van der Waals surface area contributed by atoms with E-state index in [9.17, 15) is 0 Å². The van der Waals surface area contributed by atoms with E-state index in [4.69, 9.17) is 14.4 Å². The first kappa shape index (κ1) is 29.2. The van der Waals surface area contributed by atoms with Gasteiger partial charge in [-0.15, -0.1) is 0 Å². The Labute approximate surface area is 100 Å². The van der Waals surface area contributed by atoms with Crippen molar-refractivity contribution in [2.45, 2.75) is 6.92 Å². The second-order valence-corrected chi connectivity index (χ2v) is 0.962. The fourth-order valence-electron chi connectivity index (χ4n) is 0.321. The number of carbonyl (C=O) groups excluding carboxylic acids is 3. The Morgan fingerprint density at radius 3 is 1.14 bits per heavy atom. The van der Waals surface area contributed by atoms with Crippen LogP contribution < -0.4 is 0 Å². The molecule has 0 heterocycles. The summed E-state index contributed by atoms with van der Waals surface area (Å²) >= 11 is 0. The van der Waals surface area contributed by atoms with Gasteiger partial charge in [0.25, 0.3) is 0 Å². The van der Waals surface area contributed by atoms with Gasteiger partial charge in [0.1, 0.15) is 0 Å². The minimum Gasteiger partial charge on any atom is -0.545 e. The van der Waals surface area contributed by atoms with Crippen LogP contribution in [-0.2, 0) is 35.4 Å². The van der Waals surface area contributed by atoms with E-state index in [1.807, 2.05) is 30.3 Å². The van der Waals surface area contributed by atoms with Crippen LogP contribution in [0.5, 0.6) is 0 Å². The third-order valence-electron chi connectivity index (χ3n) is 0.556. The average molecular weight is 365 g/mol. The molecule has 0 bridgehead atoms. The van der Waals surface area contributed by atoms with Crippen LogP contribution in [0, 0.1) is 6.92 Å². The Bertz CT molecular complexity index is 99.0. The molecular formula is C10H13O3W-5. The average Bonchev–Trinajstić information content (AvgIpc) is 2.87. The minimum atomic E-state index is 0. The van der Waals surface area contributed by atoms with Gasteiger partial charge in [0.15, 0.2) is 0 Å². The summed E-state index contributed by atoms with van der Waals surface area (Å²) in [6.45, 7) is 14.8. The number of hydrogen-bond donors (Lipinski definition) is 0. The summed E-state index contributed by atoms with van der Waals surface area (Å²) in [5.41, 5.74) is 0. The van der Waals surface area contributed by atoms with Crippen molar-refractivity contribution in [3.63, 3.8) is 0 Å². The van der Waals surface area contributed by atoms with Gasteiger partial charge in [0.05, 0.1) is 0 Å². The van der Waals surface area contributed by atoms with Crippen molar-refractivity contribution in [3.05, 3.63) is 37.3 Å². The van der Waals surface area contributed by atoms with Crippen molar-refractivity contribution in [1.82, 2.24) is 0 Å². The molecular weight excluding hydrogens is 352 g/mol. The van der Waals surface area contributed by atoms with E-state index in [2.05, 4.69) is 27.3 Å². The maximum absolute atomic E-state index is 7.75. The predicted molar refractivity (Wildman–Crippen MR) is 53.3 cm³/mol. The minimum absolute atomic E-state index is 0. The van der Waals surface area contributed by atoms with Crippen molar-refractivity contribution < 1.29 is 35.4 Å². The molecule has 0 atom stereocenters. The van der Waals surface area contributed by atoms with Gasteiger partial charge < -0.3 is 21.3 Å². The zero-order chi connectivity index (χ0) is 11.5. The first-order valence-electron chi connectivity index (χ1n) is 3.08. The van der Waals surface area contributed by atoms with E-state index in [0.717, 1.165) is 0 Å². The monoisotopic (exact) mass is 365 g/mol. The van der Waals surface area contributed by atoms with Gasteiger partial charge in [-0.25, -0.2) is 12.1 Å². The summed E-state index contributed by atoms with van der Waals surface area (Å²) in [5, 5.41) is 0. The van der Waals surface area contributed by atoms with Crippen molar-refractivity contribution >= 4 is 20.4 Å². The molecule has 3 nitrogen and oxygen atoms in total. The zero-order valence-corrected chi connectivity index (χ0v) is 10.9. The second-order valence-electron chi connectivity index (χ2n) is 0.962. The maximum atomic E-state index is 7.75. The van der Waals surface area contributed by atoms with Crippen molar-refractivity contribution in [3.8, 4) is 0 Å². The van der Waals surface area contributed by atoms with Gasteiger partial charge in [0, 0.05) is 21.1 Å². The van der Waals surface area contributed by atoms with Crippen molar-refractivity contribution in [2.24, 2.45) is 0 Å². The van der Waals surface area contributed by atoms with Crippen molar-refractivity contribution in [2.75, 3.05) is 0 Å². The van der Waals surface area contributed by atoms with E-state index < -0.39 is 0 Å². The molecule has 0 aliphatic rings. The summed E-state index contributed by atoms with van der Waals surface area (Å²) in [6, 6.07) is 10.0. The molecule has 0 fully saturated rings. The molecule has 0 amide bonds. The Kier molecular flexibility index (Phi) is 187. The van der Waals surface area contributed by atoms with Crippen LogP contribution in [0.1, 0.15) is 6.92 Å². The normalized spacial score (nSPS) is 4.14. The molecule has 82 valence electrons. The Morgan fingerprint density at radius 1 is 0.857 bits per heavy atom. The third-order valence-corrected chi connectivity index (χ3v) is 0.556. The maximum Gasteiger partial charge on any atom is 0 e. The summed E-state index contributed by atoms with van der Waals surface area (Å²) in [7, 11) is 0. The summed E-state index contributed by atoms with van der Waals surface area (Å²) < 4.78 is 0. The second kappa shape index (κ2) is 89.7. The zero-order valence-electron chi connectivity index (χ0n) is 7.96. The quantitative estimate of drug-likeness (QED) is 0.516. The largest absolute Gasteiger partial charge is 0.545 e. The van der Waals surface area contributed by atoms with Gasteiger partial charge in [-0.05, 0) is 0 Å². The van der Waals surface area contributed by atoms with Gasteiger partial charge >= 0.3 is 0 Å². The molecule has 14 heavy (non-hydrogen) atoms. The standard InChI is InChI=1S/C5H5.C2H5.3CHO.W/c1-2-4-5-3-1;4*1-2;/h1-5H;1H2,2H3;3*1H;/q5*-1;. The summed E-state index contributed by atoms with van der Waals surface area (Å²) in [6.07, 6.45) is 0. The molecule has 0 aromatic heterocycles. The molecule has 1 aromatic rings. The Hall–Kier alpha value is -0.952. The van der Waals surface area contributed by atoms with Gasteiger partial charge in [-0.3, -0.25) is 20.4 Å². The molecule has 1 aromatic carbocycles. The van der Waals surface area contributed by atoms with E-state index in [1.54, 1.807) is 6.92 Å². The molecule has 0 unspecified atom stereocenters. The van der Waals surface area contributed by atoms with E-state index in [0.29, 0.717) is 0 Å². The molecule has 0 radical (unpaired) electrons. The van der Waals surface area contributed by atoms with Gasteiger partial charge in [-0.2, -0.15) is 25.1 Å². The Morgan fingerprint density at radius 2 is 1.07 bits per heavy atom. The van der Waals surface area contributed by atoms with E-state index >= 15 is 0 Å². The topological polar surface area (TPSA) is 51.2 Å². The van der Waals surface area contributed by atoms with Crippen LogP contribution in [-0.4, -0.2) is 20.4 Å². The number of rotatable bonds is 0. The van der Waals surface area contributed by atoms with Gasteiger partial charge in [0.2, 0.25) is 0 Å².